The van der Waals surface area contributed by atoms with Gasteiger partial charge in [-0.1, -0.05) is 0 Å². The zero-order chi connectivity index (χ0) is 7.11. The summed E-state index contributed by atoms with van der Waals surface area (Å²) in [5, 5.41) is 0. The van der Waals surface area contributed by atoms with E-state index in [1.807, 2.05) is 6.92 Å². The predicted octanol–water partition coefficient (Wildman–Crippen LogP) is -0.0608. The molecule has 0 aromatic heterocycles. The molecule has 3 nitrogen and oxygen atoms in total. The summed E-state index contributed by atoms with van der Waals surface area (Å²) < 4.78 is 5.08. The van der Waals surface area contributed by atoms with Gasteiger partial charge in [-0.2, -0.15) is 0 Å². The van der Waals surface area contributed by atoms with Gasteiger partial charge in [-0.15, -0.1) is 0 Å². The van der Waals surface area contributed by atoms with Gasteiger partial charge in [-0.05, 0) is 6.92 Å². The van der Waals surface area contributed by atoms with Gasteiger partial charge in [0.25, 0.3) is 0 Å². The molecule has 0 saturated heterocycles. The minimum Gasteiger partial charge on any atom is -0.377 e. The standard InChI is InChI=1S/C6H13NO2/c1-6(5-7)9-4-2-3-8/h3,6H,2,4-5,7H2,1H3. The third-order valence-corrected chi connectivity index (χ3v) is 0.970. The van der Waals surface area contributed by atoms with Crippen LogP contribution in [0.25, 0.3) is 0 Å². The van der Waals surface area contributed by atoms with Crippen molar-refractivity contribution in [3.63, 3.8) is 0 Å². The second-order valence-corrected chi connectivity index (χ2v) is 1.87. The molecule has 0 aliphatic heterocycles. The van der Waals surface area contributed by atoms with E-state index < -0.39 is 0 Å². The van der Waals surface area contributed by atoms with Gasteiger partial charge in [-0.25, -0.2) is 0 Å². The number of rotatable bonds is 5. The molecule has 0 amide bonds. The number of hydrogen-bond donors (Lipinski definition) is 1. The number of hydrogen-bond acceptors (Lipinski definition) is 3. The second kappa shape index (κ2) is 5.72. The molecule has 0 rings (SSSR count). The Morgan fingerprint density at radius 2 is 2.44 bits per heavy atom. The van der Waals surface area contributed by atoms with Crippen LogP contribution in [0.5, 0.6) is 0 Å². The van der Waals surface area contributed by atoms with E-state index in [9.17, 15) is 4.79 Å². The molecule has 0 aromatic carbocycles. The van der Waals surface area contributed by atoms with Crippen molar-refractivity contribution in [2.45, 2.75) is 19.4 Å². The molecule has 1 atom stereocenters. The van der Waals surface area contributed by atoms with Crippen molar-refractivity contribution in [2.75, 3.05) is 13.2 Å². The number of nitrogens with two attached hydrogens (primary N) is 1. The SMILES string of the molecule is CC(CN)OCCC=O. The molecule has 0 saturated carbocycles. The van der Waals surface area contributed by atoms with E-state index in [-0.39, 0.29) is 6.10 Å². The molecule has 0 fully saturated rings. The average molecular weight is 131 g/mol. The Hall–Kier alpha value is -0.410. The molecule has 0 spiro atoms. The van der Waals surface area contributed by atoms with Crippen LogP contribution in [-0.4, -0.2) is 25.5 Å². The number of carbonyl (C=O) groups excluding carboxylic acids is 1. The van der Waals surface area contributed by atoms with E-state index in [1.54, 1.807) is 0 Å². The molecule has 0 aliphatic carbocycles. The summed E-state index contributed by atoms with van der Waals surface area (Å²) in [6.45, 7) is 2.88. The van der Waals surface area contributed by atoms with Gasteiger partial charge in [0.1, 0.15) is 6.29 Å². The summed E-state index contributed by atoms with van der Waals surface area (Å²) >= 11 is 0. The maximum absolute atomic E-state index is 9.76. The summed E-state index contributed by atoms with van der Waals surface area (Å²) in [4.78, 5) is 9.76. The topological polar surface area (TPSA) is 52.3 Å². The summed E-state index contributed by atoms with van der Waals surface area (Å²) in [5.74, 6) is 0. The van der Waals surface area contributed by atoms with Crippen LogP contribution in [0.1, 0.15) is 13.3 Å². The Labute approximate surface area is 55.2 Å². The van der Waals surface area contributed by atoms with Crippen molar-refractivity contribution in [1.29, 1.82) is 0 Å². The fourth-order valence-corrected chi connectivity index (χ4v) is 0.385. The van der Waals surface area contributed by atoms with Gasteiger partial charge in [-0.3, -0.25) is 0 Å². The van der Waals surface area contributed by atoms with Gasteiger partial charge in [0.2, 0.25) is 0 Å². The minimum absolute atomic E-state index is 0.0740. The molecule has 0 bridgehead atoms. The minimum atomic E-state index is 0.0740. The Bertz CT molecular complexity index is 75.5. The van der Waals surface area contributed by atoms with Crippen LogP contribution in [0, 0.1) is 0 Å². The number of aldehydes is 1. The van der Waals surface area contributed by atoms with Crippen LogP contribution in [0.3, 0.4) is 0 Å². The van der Waals surface area contributed by atoms with Crippen molar-refractivity contribution in [2.24, 2.45) is 5.73 Å². The molecule has 2 N–H and O–H groups in total. The first kappa shape index (κ1) is 8.59. The highest BCUT2D eigenvalue weighted by Crippen LogP contribution is 1.86. The van der Waals surface area contributed by atoms with E-state index in [0.717, 1.165) is 6.29 Å². The summed E-state index contributed by atoms with van der Waals surface area (Å²) in [7, 11) is 0. The lowest BCUT2D eigenvalue weighted by Crippen LogP contribution is -2.20. The molecule has 0 heterocycles. The smallest absolute Gasteiger partial charge is 0.122 e. The first-order valence-corrected chi connectivity index (χ1v) is 3.06. The van der Waals surface area contributed by atoms with Gasteiger partial charge < -0.3 is 15.3 Å². The van der Waals surface area contributed by atoms with Crippen molar-refractivity contribution >= 4 is 6.29 Å². The van der Waals surface area contributed by atoms with Crippen LogP contribution in [0.4, 0.5) is 0 Å². The highest BCUT2D eigenvalue weighted by molar-refractivity contribution is 5.49. The molecule has 0 radical (unpaired) electrons. The van der Waals surface area contributed by atoms with E-state index in [0.29, 0.717) is 19.6 Å². The second-order valence-electron chi connectivity index (χ2n) is 1.87. The third kappa shape index (κ3) is 5.46. The lowest BCUT2D eigenvalue weighted by molar-refractivity contribution is -0.109. The van der Waals surface area contributed by atoms with Gasteiger partial charge in [0, 0.05) is 13.0 Å². The van der Waals surface area contributed by atoms with Gasteiger partial charge in [0.15, 0.2) is 0 Å². The molecule has 3 heteroatoms. The molecular weight excluding hydrogens is 118 g/mol. The van der Waals surface area contributed by atoms with E-state index >= 15 is 0 Å². The highest BCUT2D eigenvalue weighted by atomic mass is 16.5. The summed E-state index contributed by atoms with van der Waals surface area (Å²) in [6.07, 6.45) is 1.37. The van der Waals surface area contributed by atoms with Crippen LogP contribution < -0.4 is 5.73 Å². The highest BCUT2D eigenvalue weighted by Gasteiger charge is 1.95. The third-order valence-electron chi connectivity index (χ3n) is 0.970. The Morgan fingerprint density at radius 1 is 1.78 bits per heavy atom. The van der Waals surface area contributed by atoms with E-state index in [2.05, 4.69) is 0 Å². The molecule has 0 aliphatic rings. The normalized spacial score (nSPS) is 13.1. The Balaban J connectivity index is 2.96. The maximum Gasteiger partial charge on any atom is 0.122 e. The zero-order valence-corrected chi connectivity index (χ0v) is 5.67. The number of ether oxygens (including phenoxy) is 1. The van der Waals surface area contributed by atoms with Crippen LogP contribution >= 0.6 is 0 Å². The predicted molar refractivity (Wildman–Crippen MR) is 35.1 cm³/mol. The Morgan fingerprint density at radius 3 is 2.89 bits per heavy atom. The molecule has 1 unspecified atom stereocenters. The maximum atomic E-state index is 9.76. The lowest BCUT2D eigenvalue weighted by atomic mass is 10.4. The molecule has 0 aromatic rings. The van der Waals surface area contributed by atoms with Crippen molar-refractivity contribution in [3.8, 4) is 0 Å². The molecule has 54 valence electrons. The average Bonchev–Trinajstić information content (AvgIpc) is 1.89. The monoisotopic (exact) mass is 131 g/mol. The molecule has 9 heavy (non-hydrogen) atoms. The largest absolute Gasteiger partial charge is 0.377 e. The van der Waals surface area contributed by atoms with E-state index in [1.165, 1.54) is 0 Å². The number of carbonyl (C=O) groups is 1. The fourth-order valence-electron chi connectivity index (χ4n) is 0.385. The van der Waals surface area contributed by atoms with Gasteiger partial charge in [0.05, 0.1) is 12.7 Å². The first-order chi connectivity index (χ1) is 4.31. The Kier molecular flexibility index (Phi) is 5.46. The lowest BCUT2D eigenvalue weighted by Gasteiger charge is -2.07. The quantitative estimate of drug-likeness (QED) is 0.420. The fraction of sp³-hybridized carbons (Fsp3) is 0.833. The van der Waals surface area contributed by atoms with Crippen LogP contribution in [0.15, 0.2) is 0 Å². The summed E-state index contributed by atoms with van der Waals surface area (Å²) in [5.41, 5.74) is 5.24. The van der Waals surface area contributed by atoms with Crippen LogP contribution in [0.2, 0.25) is 0 Å². The van der Waals surface area contributed by atoms with E-state index in [4.69, 9.17) is 10.5 Å². The summed E-state index contributed by atoms with van der Waals surface area (Å²) in [6, 6.07) is 0. The van der Waals surface area contributed by atoms with Crippen molar-refractivity contribution in [3.05, 3.63) is 0 Å². The van der Waals surface area contributed by atoms with Gasteiger partial charge >= 0.3 is 0 Å². The molecular formula is C6H13NO2. The zero-order valence-electron chi connectivity index (χ0n) is 5.67. The van der Waals surface area contributed by atoms with Crippen LogP contribution in [-0.2, 0) is 9.53 Å². The van der Waals surface area contributed by atoms with Crippen molar-refractivity contribution in [1.82, 2.24) is 0 Å². The first-order valence-electron chi connectivity index (χ1n) is 3.06. The van der Waals surface area contributed by atoms with Crippen molar-refractivity contribution < 1.29 is 9.53 Å².